The number of ether oxygens (including phenoxy) is 3. The maximum atomic E-state index is 14.5. The van der Waals surface area contributed by atoms with Crippen LogP contribution in [0.15, 0.2) is 48.5 Å². The summed E-state index contributed by atoms with van der Waals surface area (Å²) >= 11 is 6.22. The number of anilines is 1. The fourth-order valence-corrected chi connectivity index (χ4v) is 4.52. The molecule has 0 aliphatic heterocycles. The summed E-state index contributed by atoms with van der Waals surface area (Å²) in [6.07, 6.45) is 0. The Morgan fingerprint density at radius 3 is 2.56 bits per heavy atom. The van der Waals surface area contributed by atoms with Crippen molar-refractivity contribution in [3.63, 3.8) is 0 Å². The Labute approximate surface area is 226 Å². The van der Waals surface area contributed by atoms with Crippen LogP contribution >= 0.6 is 11.6 Å². The molecule has 2 aromatic heterocycles. The third-order valence-electron chi connectivity index (χ3n) is 6.15. The van der Waals surface area contributed by atoms with Gasteiger partial charge in [-0.2, -0.15) is 0 Å². The molecule has 200 valence electrons. The number of nitrogens with one attached hydrogen (secondary N) is 2. The zero-order chi connectivity index (χ0) is 27.7. The number of esters is 1. The molecule has 0 radical (unpaired) electrons. The molecule has 0 aliphatic rings. The van der Waals surface area contributed by atoms with Gasteiger partial charge in [0.1, 0.15) is 22.9 Å². The van der Waals surface area contributed by atoms with E-state index in [1.807, 2.05) is 0 Å². The summed E-state index contributed by atoms with van der Waals surface area (Å²) in [5, 5.41) is 3.02. The number of fused-ring (bicyclic) bond motifs is 2. The second-order valence-corrected chi connectivity index (χ2v) is 8.89. The Morgan fingerprint density at radius 2 is 1.85 bits per heavy atom. The lowest BCUT2D eigenvalue weighted by Gasteiger charge is -2.10. The SMILES string of the molecule is COCCn1c(NC(=O)c2cc(OC)c3[nH]c(-c4c(F)cccc4Cl)nc3c2)nc2cc(C(=O)OC)ccc21. The monoisotopic (exact) mass is 551 g/mol. The van der Waals surface area contributed by atoms with Crippen LogP contribution < -0.4 is 10.1 Å². The molecule has 10 nitrogen and oxygen atoms in total. The number of H-pyrrole nitrogens is 1. The molecular formula is C27H23ClFN5O5. The molecule has 0 spiro atoms. The molecule has 3 aromatic carbocycles. The number of benzene rings is 3. The minimum Gasteiger partial charge on any atom is -0.494 e. The molecular weight excluding hydrogens is 529 g/mol. The van der Waals surface area contributed by atoms with E-state index in [2.05, 4.69) is 20.3 Å². The van der Waals surface area contributed by atoms with Crippen LogP contribution in [0.4, 0.5) is 10.3 Å². The normalized spacial score (nSPS) is 11.2. The Morgan fingerprint density at radius 1 is 1.05 bits per heavy atom. The first-order chi connectivity index (χ1) is 18.8. The van der Waals surface area contributed by atoms with Crippen molar-refractivity contribution in [1.29, 1.82) is 0 Å². The van der Waals surface area contributed by atoms with E-state index in [0.29, 0.717) is 46.5 Å². The topological polar surface area (TPSA) is 120 Å². The molecule has 0 atom stereocenters. The van der Waals surface area contributed by atoms with E-state index in [4.69, 9.17) is 25.8 Å². The Bertz CT molecular complexity index is 1710. The number of rotatable bonds is 8. The molecule has 0 saturated heterocycles. The van der Waals surface area contributed by atoms with Crippen molar-refractivity contribution >= 4 is 51.5 Å². The summed E-state index contributed by atoms with van der Waals surface area (Å²) < 4.78 is 31.8. The van der Waals surface area contributed by atoms with Crippen LogP contribution in [-0.4, -0.2) is 59.3 Å². The summed E-state index contributed by atoms with van der Waals surface area (Å²) in [6, 6.07) is 12.4. The summed E-state index contributed by atoms with van der Waals surface area (Å²) in [7, 11) is 4.32. The Kier molecular flexibility index (Phi) is 7.18. The van der Waals surface area contributed by atoms with Crippen LogP contribution in [-0.2, 0) is 16.0 Å². The molecule has 39 heavy (non-hydrogen) atoms. The summed E-state index contributed by atoms with van der Waals surface area (Å²) in [5.74, 6) is -0.723. The van der Waals surface area contributed by atoms with Gasteiger partial charge in [-0.05, 0) is 42.5 Å². The number of amides is 1. The smallest absolute Gasteiger partial charge is 0.337 e. The molecule has 1 amide bonds. The van der Waals surface area contributed by atoms with Crippen molar-refractivity contribution in [1.82, 2.24) is 19.5 Å². The third kappa shape index (κ3) is 4.89. The summed E-state index contributed by atoms with van der Waals surface area (Å²) in [6.45, 7) is 0.760. The van der Waals surface area contributed by atoms with Gasteiger partial charge in [-0.25, -0.2) is 19.2 Å². The van der Waals surface area contributed by atoms with Gasteiger partial charge in [-0.15, -0.1) is 0 Å². The van der Waals surface area contributed by atoms with Gasteiger partial charge in [-0.1, -0.05) is 17.7 Å². The van der Waals surface area contributed by atoms with Gasteiger partial charge in [0.2, 0.25) is 5.95 Å². The minimum absolute atomic E-state index is 0.113. The number of nitrogens with zero attached hydrogens (tertiary/aromatic N) is 3. The standard InChI is InChI=1S/C27H23ClFN5O5/c1-37-10-9-34-20-8-7-14(26(36)39-3)11-18(20)31-27(34)33-25(35)15-12-19-23(21(13-15)38-2)32-24(30-19)22-16(28)5-4-6-17(22)29/h4-8,11-13H,9-10H2,1-3H3,(H,30,32)(H,31,33,35). The lowest BCUT2D eigenvalue weighted by molar-refractivity contribution is 0.0600. The van der Waals surface area contributed by atoms with Crippen molar-refractivity contribution in [3.05, 3.63) is 70.5 Å². The lowest BCUT2D eigenvalue weighted by Crippen LogP contribution is -2.17. The predicted molar refractivity (Wildman–Crippen MR) is 144 cm³/mol. The molecule has 0 aliphatic carbocycles. The van der Waals surface area contributed by atoms with Gasteiger partial charge in [0.15, 0.2) is 0 Å². The van der Waals surface area contributed by atoms with Crippen LogP contribution in [0.2, 0.25) is 5.02 Å². The van der Waals surface area contributed by atoms with E-state index in [1.165, 1.54) is 26.4 Å². The second kappa shape index (κ2) is 10.7. The fourth-order valence-electron chi connectivity index (χ4n) is 4.27. The van der Waals surface area contributed by atoms with Gasteiger partial charge in [0.25, 0.3) is 5.91 Å². The first kappa shape index (κ1) is 26.1. The number of aromatic nitrogens is 4. The van der Waals surface area contributed by atoms with Gasteiger partial charge in [0, 0.05) is 19.2 Å². The maximum Gasteiger partial charge on any atom is 0.337 e. The predicted octanol–water partition coefficient (Wildman–Crippen LogP) is 5.07. The van der Waals surface area contributed by atoms with Crippen LogP contribution in [0.3, 0.4) is 0 Å². The highest BCUT2D eigenvalue weighted by molar-refractivity contribution is 6.33. The number of halogens is 2. The number of carbonyl (C=O) groups excluding carboxylic acids is 2. The number of methoxy groups -OCH3 is 3. The molecule has 12 heteroatoms. The number of aromatic amines is 1. The van der Waals surface area contributed by atoms with Crippen molar-refractivity contribution in [3.8, 4) is 17.1 Å². The molecule has 0 saturated carbocycles. The zero-order valence-corrected chi connectivity index (χ0v) is 21.9. The quantitative estimate of drug-likeness (QED) is 0.258. The van der Waals surface area contributed by atoms with Crippen LogP contribution in [0.25, 0.3) is 33.5 Å². The number of imidazole rings is 2. The molecule has 5 rings (SSSR count). The van der Waals surface area contributed by atoms with E-state index in [0.717, 1.165) is 0 Å². The second-order valence-electron chi connectivity index (χ2n) is 8.48. The first-order valence-corrected chi connectivity index (χ1v) is 12.1. The molecule has 0 fully saturated rings. The highest BCUT2D eigenvalue weighted by atomic mass is 35.5. The molecule has 2 heterocycles. The van der Waals surface area contributed by atoms with Crippen molar-refractivity contribution in [2.75, 3.05) is 33.3 Å². The molecule has 0 bridgehead atoms. The maximum absolute atomic E-state index is 14.5. The van der Waals surface area contributed by atoms with Gasteiger partial charge >= 0.3 is 5.97 Å². The van der Waals surface area contributed by atoms with Gasteiger partial charge in [-0.3, -0.25) is 10.1 Å². The highest BCUT2D eigenvalue weighted by Gasteiger charge is 2.20. The zero-order valence-electron chi connectivity index (χ0n) is 21.2. The van der Waals surface area contributed by atoms with Gasteiger partial charge < -0.3 is 23.8 Å². The van der Waals surface area contributed by atoms with E-state index < -0.39 is 17.7 Å². The van der Waals surface area contributed by atoms with Crippen molar-refractivity contribution in [2.45, 2.75) is 6.54 Å². The highest BCUT2D eigenvalue weighted by Crippen LogP contribution is 2.33. The Balaban J connectivity index is 1.53. The minimum atomic E-state index is -0.538. The molecule has 0 unspecified atom stereocenters. The van der Waals surface area contributed by atoms with E-state index in [-0.39, 0.29) is 27.9 Å². The number of hydrogen-bond acceptors (Lipinski definition) is 7. The average Bonchev–Trinajstić information content (AvgIpc) is 3.51. The van der Waals surface area contributed by atoms with Crippen LogP contribution in [0.1, 0.15) is 20.7 Å². The van der Waals surface area contributed by atoms with Gasteiger partial charge in [0.05, 0.1) is 53.5 Å². The molecule has 5 aromatic rings. The van der Waals surface area contributed by atoms with E-state index in [1.54, 1.807) is 48.1 Å². The fraction of sp³-hybridized carbons (Fsp3) is 0.185. The number of hydrogen-bond donors (Lipinski definition) is 2. The van der Waals surface area contributed by atoms with E-state index >= 15 is 0 Å². The molecule has 2 N–H and O–H groups in total. The Hall–Kier alpha value is -4.48. The largest absolute Gasteiger partial charge is 0.494 e. The van der Waals surface area contributed by atoms with Crippen molar-refractivity contribution < 1.29 is 28.2 Å². The number of carbonyl (C=O) groups is 2. The lowest BCUT2D eigenvalue weighted by atomic mass is 10.1. The summed E-state index contributed by atoms with van der Waals surface area (Å²) in [5.41, 5.74) is 2.73. The van der Waals surface area contributed by atoms with Crippen molar-refractivity contribution in [2.24, 2.45) is 0 Å². The first-order valence-electron chi connectivity index (χ1n) is 11.8. The van der Waals surface area contributed by atoms with Crippen LogP contribution in [0, 0.1) is 5.82 Å². The third-order valence-corrected chi connectivity index (χ3v) is 6.47. The summed E-state index contributed by atoms with van der Waals surface area (Å²) in [4.78, 5) is 37.4. The average molecular weight is 552 g/mol. The van der Waals surface area contributed by atoms with Crippen LogP contribution in [0.5, 0.6) is 5.75 Å². The van der Waals surface area contributed by atoms with E-state index in [9.17, 15) is 14.0 Å².